The zero-order valence-corrected chi connectivity index (χ0v) is 23.3. The van der Waals surface area contributed by atoms with Crippen LogP contribution in [0.2, 0.25) is 0 Å². The number of imidazole rings is 1. The normalized spacial score (nSPS) is 17.3. The summed E-state index contributed by atoms with van der Waals surface area (Å²) >= 11 is 0. The zero-order valence-electron chi connectivity index (χ0n) is 23.3. The second kappa shape index (κ2) is 10.3. The summed E-state index contributed by atoms with van der Waals surface area (Å²) in [6, 6.07) is 13.6. The minimum Gasteiger partial charge on any atom is -0.496 e. The first-order valence-electron chi connectivity index (χ1n) is 13.6. The number of nitrogens with zero attached hydrogens (tertiary/aromatic N) is 4. The molecule has 6 rings (SSSR count). The lowest BCUT2D eigenvalue weighted by Gasteiger charge is -2.25. The molecule has 0 unspecified atom stereocenters. The molecule has 9 nitrogen and oxygen atoms in total. The van der Waals surface area contributed by atoms with Gasteiger partial charge in [-0.2, -0.15) is 0 Å². The summed E-state index contributed by atoms with van der Waals surface area (Å²) in [5.41, 5.74) is 11.8. The molecule has 0 saturated heterocycles. The molecule has 3 aromatic heterocycles. The third-order valence-electron chi connectivity index (χ3n) is 8.12. The highest BCUT2D eigenvalue weighted by molar-refractivity contribution is 6.08. The second-order valence-corrected chi connectivity index (χ2v) is 10.5. The van der Waals surface area contributed by atoms with Crippen LogP contribution in [0.3, 0.4) is 0 Å². The average molecular weight is 539 g/mol. The fourth-order valence-electron chi connectivity index (χ4n) is 5.94. The number of anilines is 1. The molecular weight excluding hydrogens is 504 g/mol. The Kier molecular flexibility index (Phi) is 6.67. The van der Waals surface area contributed by atoms with Gasteiger partial charge in [0.2, 0.25) is 0 Å². The molecule has 1 saturated carbocycles. The van der Waals surface area contributed by atoms with Gasteiger partial charge >= 0.3 is 0 Å². The van der Waals surface area contributed by atoms with Crippen molar-refractivity contribution in [3.8, 4) is 22.8 Å². The van der Waals surface area contributed by atoms with Crippen LogP contribution in [0.4, 0.5) is 5.69 Å². The van der Waals surface area contributed by atoms with Crippen molar-refractivity contribution in [1.82, 2.24) is 18.9 Å². The summed E-state index contributed by atoms with van der Waals surface area (Å²) in [5, 5.41) is 3.91. The Labute approximate surface area is 232 Å². The van der Waals surface area contributed by atoms with Crippen molar-refractivity contribution in [2.75, 3.05) is 19.5 Å². The number of aryl methyl sites for hydroxylation is 2. The van der Waals surface area contributed by atoms with Gasteiger partial charge in [0.1, 0.15) is 23.0 Å². The maximum Gasteiger partial charge on any atom is 0.272 e. The highest BCUT2D eigenvalue weighted by Crippen LogP contribution is 2.38. The molecule has 1 aliphatic rings. The quantitative estimate of drug-likeness (QED) is 0.298. The second-order valence-electron chi connectivity index (χ2n) is 10.5. The first-order chi connectivity index (χ1) is 19.4. The third-order valence-corrected chi connectivity index (χ3v) is 8.12. The predicted molar refractivity (Wildman–Crippen MR) is 156 cm³/mol. The minimum absolute atomic E-state index is 0.239. The Balaban J connectivity index is 1.35. The Morgan fingerprint density at radius 2 is 1.82 bits per heavy atom. The summed E-state index contributed by atoms with van der Waals surface area (Å²) in [5.74, 6) is 2.43. The number of amides is 1. The Morgan fingerprint density at radius 1 is 1.05 bits per heavy atom. The van der Waals surface area contributed by atoms with E-state index in [0.717, 1.165) is 70.6 Å². The van der Waals surface area contributed by atoms with Crippen LogP contribution in [0.15, 0.2) is 54.9 Å². The van der Waals surface area contributed by atoms with Crippen LogP contribution in [-0.4, -0.2) is 45.1 Å². The van der Waals surface area contributed by atoms with Gasteiger partial charge in [0.15, 0.2) is 0 Å². The van der Waals surface area contributed by atoms with Crippen LogP contribution in [0.1, 0.15) is 53.6 Å². The number of carbonyl (C=O) groups excluding carboxylic acids is 1. The molecule has 5 aromatic rings. The fourth-order valence-corrected chi connectivity index (χ4v) is 5.94. The number of ether oxygens (including phenoxy) is 2. The van der Waals surface area contributed by atoms with Crippen molar-refractivity contribution < 1.29 is 14.3 Å². The standard InChI is InChI=1S/C31H34N6O3/c1-18-29-28(35-30(37(29)15-14-33-18)19-8-11-21(32)12-9-19)20-10-13-23(27(16-20)40-4)34-31(38)25-17-22-24(36(25)2)6-5-7-26(22)39-3/h5-7,10,13-17,19,21H,8-9,11-12,32H2,1-4H3,(H,34,38). The van der Waals surface area contributed by atoms with Gasteiger partial charge in [0, 0.05) is 42.4 Å². The number of fused-ring (bicyclic) bond motifs is 2. The molecule has 40 heavy (non-hydrogen) atoms. The molecule has 1 fully saturated rings. The summed E-state index contributed by atoms with van der Waals surface area (Å²) in [4.78, 5) is 23.1. The zero-order chi connectivity index (χ0) is 28.0. The number of hydrogen-bond donors (Lipinski definition) is 2. The topological polar surface area (TPSA) is 109 Å². The first kappa shape index (κ1) is 25.9. The van der Waals surface area contributed by atoms with E-state index in [1.54, 1.807) is 14.2 Å². The number of carbonyl (C=O) groups is 1. The summed E-state index contributed by atoms with van der Waals surface area (Å²) in [7, 11) is 5.10. The Bertz CT molecular complexity index is 1730. The van der Waals surface area contributed by atoms with Gasteiger partial charge in [0.05, 0.1) is 42.3 Å². The number of methoxy groups -OCH3 is 2. The number of benzene rings is 2. The smallest absolute Gasteiger partial charge is 0.272 e. The molecule has 1 amide bonds. The molecule has 206 valence electrons. The molecule has 9 heteroatoms. The number of hydrogen-bond acceptors (Lipinski definition) is 6. The molecule has 1 aliphatic carbocycles. The lowest BCUT2D eigenvalue weighted by molar-refractivity contribution is 0.101. The average Bonchev–Trinajstić information content (AvgIpc) is 3.53. The maximum atomic E-state index is 13.4. The van der Waals surface area contributed by atoms with Crippen LogP contribution < -0.4 is 20.5 Å². The number of aromatic nitrogens is 4. The molecule has 3 N–H and O–H groups in total. The van der Waals surface area contributed by atoms with Crippen molar-refractivity contribution in [3.05, 3.63) is 72.1 Å². The van der Waals surface area contributed by atoms with E-state index in [1.807, 2.05) is 73.4 Å². The summed E-state index contributed by atoms with van der Waals surface area (Å²) in [6.07, 6.45) is 7.88. The van der Waals surface area contributed by atoms with E-state index in [4.69, 9.17) is 20.2 Å². The predicted octanol–water partition coefficient (Wildman–Crippen LogP) is 5.45. The van der Waals surface area contributed by atoms with E-state index in [1.165, 1.54) is 0 Å². The van der Waals surface area contributed by atoms with Gasteiger partial charge in [-0.15, -0.1) is 0 Å². The highest BCUT2D eigenvalue weighted by Gasteiger charge is 2.26. The van der Waals surface area contributed by atoms with E-state index in [-0.39, 0.29) is 11.9 Å². The number of nitrogens with one attached hydrogen (secondary N) is 1. The van der Waals surface area contributed by atoms with E-state index in [0.29, 0.717) is 23.0 Å². The molecule has 0 aliphatic heterocycles. The SMILES string of the molecule is COc1cc(-c2nc(C3CCC(N)CC3)n3ccnc(C)c23)ccc1NC(=O)c1cc2c(OC)cccc2n1C. The van der Waals surface area contributed by atoms with Gasteiger partial charge in [0.25, 0.3) is 5.91 Å². The molecule has 2 aromatic carbocycles. The van der Waals surface area contributed by atoms with E-state index in [9.17, 15) is 4.79 Å². The van der Waals surface area contributed by atoms with Crippen LogP contribution in [0.25, 0.3) is 27.7 Å². The van der Waals surface area contributed by atoms with Gasteiger partial charge in [-0.05, 0) is 62.9 Å². The Morgan fingerprint density at radius 3 is 2.58 bits per heavy atom. The lowest BCUT2D eigenvalue weighted by Crippen LogP contribution is -2.26. The van der Waals surface area contributed by atoms with Crippen LogP contribution in [0.5, 0.6) is 11.5 Å². The number of rotatable bonds is 6. The lowest BCUT2D eigenvalue weighted by atomic mass is 9.86. The Hall–Kier alpha value is -4.37. The van der Waals surface area contributed by atoms with Crippen molar-refractivity contribution in [2.24, 2.45) is 12.8 Å². The molecule has 3 heterocycles. The summed E-state index contributed by atoms with van der Waals surface area (Å²) in [6.45, 7) is 2.01. The van der Waals surface area contributed by atoms with Crippen LogP contribution in [-0.2, 0) is 7.05 Å². The van der Waals surface area contributed by atoms with Crippen molar-refractivity contribution in [3.63, 3.8) is 0 Å². The molecule has 0 atom stereocenters. The summed E-state index contributed by atoms with van der Waals surface area (Å²) < 4.78 is 15.3. The minimum atomic E-state index is -0.239. The van der Waals surface area contributed by atoms with E-state index in [2.05, 4.69) is 14.7 Å². The molecule has 0 spiro atoms. The third kappa shape index (κ3) is 4.36. The van der Waals surface area contributed by atoms with E-state index >= 15 is 0 Å². The highest BCUT2D eigenvalue weighted by atomic mass is 16.5. The first-order valence-corrected chi connectivity index (χ1v) is 13.6. The van der Waals surface area contributed by atoms with Gasteiger partial charge < -0.3 is 25.1 Å². The number of nitrogens with two attached hydrogens (primary N) is 1. The van der Waals surface area contributed by atoms with Crippen molar-refractivity contribution in [1.29, 1.82) is 0 Å². The van der Waals surface area contributed by atoms with Crippen LogP contribution >= 0.6 is 0 Å². The fraction of sp³-hybridized carbons (Fsp3) is 0.323. The van der Waals surface area contributed by atoms with Gasteiger partial charge in [-0.1, -0.05) is 12.1 Å². The molecular formula is C31H34N6O3. The molecule has 0 radical (unpaired) electrons. The largest absolute Gasteiger partial charge is 0.496 e. The van der Waals surface area contributed by atoms with Gasteiger partial charge in [-0.25, -0.2) is 4.98 Å². The van der Waals surface area contributed by atoms with Crippen molar-refractivity contribution >= 4 is 28.0 Å². The van der Waals surface area contributed by atoms with E-state index < -0.39 is 0 Å². The van der Waals surface area contributed by atoms with Crippen molar-refractivity contribution in [2.45, 2.75) is 44.6 Å². The van der Waals surface area contributed by atoms with Gasteiger partial charge in [-0.3, -0.25) is 14.2 Å². The van der Waals surface area contributed by atoms with Crippen LogP contribution in [0, 0.1) is 6.92 Å². The monoisotopic (exact) mass is 538 g/mol. The molecule has 0 bridgehead atoms. The maximum absolute atomic E-state index is 13.4.